The van der Waals surface area contributed by atoms with Gasteiger partial charge >= 0.3 is 0 Å². The van der Waals surface area contributed by atoms with Crippen molar-refractivity contribution in [2.75, 3.05) is 10.0 Å². The molecule has 4 aromatic rings. The fourth-order valence-corrected chi connectivity index (χ4v) is 4.76. The van der Waals surface area contributed by atoms with Crippen LogP contribution in [0.5, 0.6) is 0 Å². The monoisotopic (exact) mass is 470 g/mol. The number of rotatable bonds is 5. The Morgan fingerprint density at radius 3 is 2.23 bits per heavy atom. The number of hydrogen-bond donors (Lipinski definition) is 2. The fraction of sp³-hybridized carbons (Fsp3) is 0. The van der Waals surface area contributed by atoms with Crippen LogP contribution < -0.4 is 10.0 Å². The summed E-state index contributed by atoms with van der Waals surface area (Å²) < 4.78 is 28.9. The normalized spacial score (nSPS) is 11.3. The molecular weight excluding hydrogens is 455 g/mol. The predicted octanol–water partition coefficient (Wildman–Crippen LogP) is 6.20. The Kier molecular flexibility index (Phi) is 5.87. The molecule has 4 rings (SSSR count). The topological polar surface area (TPSA) is 75.3 Å². The second kappa shape index (κ2) is 8.59. The molecule has 0 aliphatic heterocycles. The van der Waals surface area contributed by atoms with Crippen LogP contribution in [-0.4, -0.2) is 14.3 Å². The van der Waals surface area contributed by atoms with Crippen LogP contribution in [0.4, 0.5) is 11.4 Å². The molecule has 2 N–H and O–H groups in total. The summed E-state index contributed by atoms with van der Waals surface area (Å²) >= 11 is 12.0. The summed E-state index contributed by atoms with van der Waals surface area (Å²) in [5.41, 5.74) is 0.715. The van der Waals surface area contributed by atoms with Gasteiger partial charge < -0.3 is 5.32 Å². The Bertz CT molecular complexity index is 1380. The van der Waals surface area contributed by atoms with E-state index in [4.69, 9.17) is 23.2 Å². The molecule has 5 nitrogen and oxygen atoms in total. The Morgan fingerprint density at radius 1 is 0.774 bits per heavy atom. The maximum Gasteiger partial charge on any atom is 0.262 e. The van der Waals surface area contributed by atoms with Crippen molar-refractivity contribution >= 4 is 61.3 Å². The smallest absolute Gasteiger partial charge is 0.262 e. The molecule has 0 atom stereocenters. The van der Waals surface area contributed by atoms with Crippen molar-refractivity contribution < 1.29 is 13.2 Å². The van der Waals surface area contributed by atoms with Gasteiger partial charge in [0.15, 0.2) is 0 Å². The average molecular weight is 471 g/mol. The van der Waals surface area contributed by atoms with Crippen molar-refractivity contribution in [3.05, 3.63) is 101 Å². The van der Waals surface area contributed by atoms with Crippen molar-refractivity contribution in [2.24, 2.45) is 0 Å². The van der Waals surface area contributed by atoms with E-state index in [2.05, 4.69) is 10.0 Å². The van der Waals surface area contributed by atoms with E-state index in [1.54, 1.807) is 42.5 Å². The molecule has 0 fully saturated rings. The second-order valence-electron chi connectivity index (χ2n) is 6.73. The lowest BCUT2D eigenvalue weighted by Crippen LogP contribution is -2.19. The third-order valence-corrected chi connectivity index (χ3v) is 6.52. The number of carbonyl (C=O) groups is 1. The summed E-state index contributed by atoms with van der Waals surface area (Å²) in [7, 11) is -3.98. The molecular formula is C23H16Cl2N2O3S. The van der Waals surface area contributed by atoms with Crippen LogP contribution >= 0.6 is 23.2 Å². The minimum atomic E-state index is -3.98. The third-order valence-electron chi connectivity index (χ3n) is 4.61. The minimum Gasteiger partial charge on any atom is -0.322 e. The van der Waals surface area contributed by atoms with E-state index in [1.165, 1.54) is 24.3 Å². The minimum absolute atomic E-state index is 0.0891. The molecule has 4 aromatic carbocycles. The van der Waals surface area contributed by atoms with Gasteiger partial charge in [0, 0.05) is 21.1 Å². The fourth-order valence-electron chi connectivity index (χ4n) is 3.15. The molecule has 0 bridgehead atoms. The van der Waals surface area contributed by atoms with E-state index in [1.807, 2.05) is 18.2 Å². The number of hydrogen-bond acceptors (Lipinski definition) is 3. The zero-order valence-electron chi connectivity index (χ0n) is 16.0. The van der Waals surface area contributed by atoms with E-state index in [9.17, 15) is 13.2 Å². The van der Waals surface area contributed by atoms with Crippen LogP contribution in [0.3, 0.4) is 0 Å². The summed E-state index contributed by atoms with van der Waals surface area (Å²) in [5, 5.41) is 4.93. The van der Waals surface area contributed by atoms with Gasteiger partial charge in [0.1, 0.15) is 0 Å². The Labute approximate surface area is 189 Å². The number of sulfonamides is 1. The largest absolute Gasteiger partial charge is 0.322 e. The maximum absolute atomic E-state index is 13.2. The van der Waals surface area contributed by atoms with Crippen molar-refractivity contribution in [1.82, 2.24) is 0 Å². The lowest BCUT2D eigenvalue weighted by molar-refractivity contribution is 0.102. The first-order valence-corrected chi connectivity index (χ1v) is 11.4. The van der Waals surface area contributed by atoms with E-state index < -0.39 is 15.9 Å². The highest BCUT2D eigenvalue weighted by molar-refractivity contribution is 7.93. The van der Waals surface area contributed by atoms with Crippen LogP contribution in [0.1, 0.15) is 10.4 Å². The van der Waals surface area contributed by atoms with Crippen molar-refractivity contribution in [1.29, 1.82) is 0 Å². The number of halogens is 2. The maximum atomic E-state index is 13.2. The summed E-state index contributed by atoms with van der Waals surface area (Å²) in [6.07, 6.45) is 0. The van der Waals surface area contributed by atoms with E-state index in [-0.39, 0.29) is 16.1 Å². The SMILES string of the molecule is O=C(Nc1ccc(Cl)cc1)c1cc(Cl)ccc1NS(=O)(=O)c1cccc2ccccc12. The lowest BCUT2D eigenvalue weighted by Gasteiger charge is -2.14. The first kappa shape index (κ1) is 21.2. The summed E-state index contributed by atoms with van der Waals surface area (Å²) in [5.74, 6) is -0.513. The van der Waals surface area contributed by atoms with Gasteiger partial charge in [0.05, 0.1) is 16.1 Å². The molecule has 31 heavy (non-hydrogen) atoms. The highest BCUT2D eigenvalue weighted by Gasteiger charge is 2.21. The number of fused-ring (bicyclic) bond motifs is 1. The van der Waals surface area contributed by atoms with Gasteiger partial charge in [-0.1, -0.05) is 59.6 Å². The van der Waals surface area contributed by atoms with Crippen LogP contribution in [0.2, 0.25) is 10.0 Å². The molecule has 0 unspecified atom stereocenters. The Morgan fingerprint density at radius 2 is 1.45 bits per heavy atom. The number of anilines is 2. The first-order valence-electron chi connectivity index (χ1n) is 9.20. The van der Waals surface area contributed by atoms with Crippen LogP contribution in [0.15, 0.2) is 89.8 Å². The molecule has 1 amide bonds. The van der Waals surface area contributed by atoms with Crippen molar-refractivity contribution in [3.8, 4) is 0 Å². The summed E-state index contributed by atoms with van der Waals surface area (Å²) in [4.78, 5) is 13.0. The number of benzene rings is 4. The lowest BCUT2D eigenvalue weighted by atomic mass is 10.1. The first-order chi connectivity index (χ1) is 14.8. The van der Waals surface area contributed by atoms with Gasteiger partial charge in [-0.05, 0) is 53.9 Å². The quantitative estimate of drug-likeness (QED) is 0.364. The number of carbonyl (C=O) groups excluding carboxylic acids is 1. The number of nitrogens with one attached hydrogen (secondary N) is 2. The molecule has 0 heterocycles. The van der Waals surface area contributed by atoms with Gasteiger partial charge in [-0.15, -0.1) is 0 Å². The van der Waals surface area contributed by atoms with Crippen LogP contribution in [0, 0.1) is 0 Å². The summed E-state index contributed by atoms with van der Waals surface area (Å²) in [6.45, 7) is 0. The van der Waals surface area contributed by atoms with Crippen LogP contribution in [-0.2, 0) is 10.0 Å². The van der Waals surface area contributed by atoms with Crippen molar-refractivity contribution in [3.63, 3.8) is 0 Å². The second-order valence-corrected chi connectivity index (χ2v) is 9.26. The highest BCUT2D eigenvalue weighted by Crippen LogP contribution is 2.28. The molecule has 0 aliphatic carbocycles. The average Bonchev–Trinajstić information content (AvgIpc) is 2.76. The van der Waals surface area contributed by atoms with Gasteiger partial charge in [0.2, 0.25) is 0 Å². The van der Waals surface area contributed by atoms with E-state index in [0.717, 1.165) is 5.39 Å². The molecule has 8 heteroatoms. The summed E-state index contributed by atoms with van der Waals surface area (Å²) in [6, 6.07) is 23.2. The molecule has 0 saturated carbocycles. The van der Waals surface area contributed by atoms with Gasteiger partial charge in [-0.3, -0.25) is 9.52 Å². The molecule has 156 valence electrons. The van der Waals surface area contributed by atoms with Gasteiger partial charge in [-0.2, -0.15) is 0 Å². The zero-order valence-corrected chi connectivity index (χ0v) is 18.3. The van der Waals surface area contributed by atoms with E-state index in [0.29, 0.717) is 21.1 Å². The molecule has 0 aliphatic rings. The third kappa shape index (κ3) is 4.66. The highest BCUT2D eigenvalue weighted by atomic mass is 35.5. The Hall–Kier alpha value is -3.06. The standard InChI is InChI=1S/C23H16Cl2N2O3S/c24-16-8-11-18(12-9-16)26-23(28)20-14-17(25)10-13-21(20)27-31(29,30)22-7-3-5-15-4-1-2-6-19(15)22/h1-14,27H,(H,26,28). The van der Waals surface area contributed by atoms with E-state index >= 15 is 0 Å². The van der Waals surface area contributed by atoms with Crippen LogP contribution in [0.25, 0.3) is 10.8 Å². The predicted molar refractivity (Wildman–Crippen MR) is 126 cm³/mol. The van der Waals surface area contributed by atoms with Gasteiger partial charge in [-0.25, -0.2) is 8.42 Å². The molecule has 0 spiro atoms. The zero-order chi connectivity index (χ0) is 22.0. The molecule has 0 aromatic heterocycles. The van der Waals surface area contributed by atoms with Crippen molar-refractivity contribution in [2.45, 2.75) is 4.90 Å². The molecule has 0 radical (unpaired) electrons. The molecule has 0 saturated heterocycles. The Balaban J connectivity index is 1.70. The van der Waals surface area contributed by atoms with Gasteiger partial charge in [0.25, 0.3) is 15.9 Å². The number of amides is 1.